The predicted octanol–water partition coefficient (Wildman–Crippen LogP) is 3.46. The molecule has 1 aromatic rings. The maximum absolute atomic E-state index is 4.70. The molecule has 2 rings (SSSR count). The first kappa shape index (κ1) is 12.1. The van der Waals surface area contributed by atoms with Crippen LogP contribution in [0.3, 0.4) is 0 Å². The predicted molar refractivity (Wildman–Crippen MR) is 70.0 cm³/mol. The Labute approximate surface area is 102 Å². The highest BCUT2D eigenvalue weighted by Gasteiger charge is 2.36. The second kappa shape index (κ2) is 4.11. The molecule has 90 valence electrons. The van der Waals surface area contributed by atoms with Gasteiger partial charge in [-0.05, 0) is 40.0 Å². The van der Waals surface area contributed by atoms with Crippen LogP contribution in [0, 0.1) is 12.8 Å². The molecular weight excluding hydrogens is 216 g/mol. The Hall–Kier alpha value is -0.410. The number of rotatable bonds is 3. The van der Waals surface area contributed by atoms with Crippen LogP contribution in [0.15, 0.2) is 0 Å². The molecule has 16 heavy (non-hydrogen) atoms. The van der Waals surface area contributed by atoms with Crippen LogP contribution in [-0.4, -0.2) is 10.5 Å². The van der Waals surface area contributed by atoms with Crippen molar-refractivity contribution in [1.29, 1.82) is 0 Å². The number of hydrogen-bond donors (Lipinski definition) is 1. The molecule has 0 bridgehead atoms. The van der Waals surface area contributed by atoms with Crippen molar-refractivity contribution in [2.75, 3.05) is 0 Å². The summed E-state index contributed by atoms with van der Waals surface area (Å²) in [4.78, 5) is 6.11. The highest BCUT2D eigenvalue weighted by Crippen LogP contribution is 2.48. The van der Waals surface area contributed by atoms with E-state index < -0.39 is 0 Å². The van der Waals surface area contributed by atoms with Crippen molar-refractivity contribution < 1.29 is 0 Å². The molecule has 1 aromatic heterocycles. The van der Waals surface area contributed by atoms with Crippen molar-refractivity contribution in [3.63, 3.8) is 0 Å². The van der Waals surface area contributed by atoms with E-state index in [1.807, 2.05) is 11.3 Å². The number of aryl methyl sites for hydroxylation is 1. The van der Waals surface area contributed by atoms with E-state index in [4.69, 9.17) is 4.98 Å². The summed E-state index contributed by atoms with van der Waals surface area (Å²) in [6, 6.07) is 0. The summed E-state index contributed by atoms with van der Waals surface area (Å²) < 4.78 is 0. The monoisotopic (exact) mass is 238 g/mol. The summed E-state index contributed by atoms with van der Waals surface area (Å²) in [5.41, 5.74) is 1.40. The molecule has 0 aliphatic heterocycles. The molecule has 1 aliphatic rings. The fourth-order valence-electron chi connectivity index (χ4n) is 1.78. The summed E-state index contributed by atoms with van der Waals surface area (Å²) in [7, 11) is 0. The fraction of sp³-hybridized carbons (Fsp3) is 0.769. The zero-order valence-electron chi connectivity index (χ0n) is 10.9. The van der Waals surface area contributed by atoms with Gasteiger partial charge in [0, 0.05) is 22.9 Å². The Bertz CT molecular complexity index is 376. The topological polar surface area (TPSA) is 24.9 Å². The van der Waals surface area contributed by atoms with Gasteiger partial charge in [-0.15, -0.1) is 11.3 Å². The van der Waals surface area contributed by atoms with Crippen LogP contribution in [0.5, 0.6) is 0 Å². The number of nitrogens with one attached hydrogen (secondary N) is 1. The summed E-state index contributed by atoms with van der Waals surface area (Å²) in [6.07, 6.45) is 1.33. The van der Waals surface area contributed by atoms with E-state index in [-0.39, 0.29) is 5.54 Å². The largest absolute Gasteiger partial charge is 0.307 e. The van der Waals surface area contributed by atoms with Gasteiger partial charge < -0.3 is 5.32 Å². The van der Waals surface area contributed by atoms with Crippen LogP contribution >= 0.6 is 11.3 Å². The Morgan fingerprint density at radius 3 is 2.56 bits per heavy atom. The van der Waals surface area contributed by atoms with Crippen LogP contribution in [0.4, 0.5) is 0 Å². The smallest absolute Gasteiger partial charge is 0.0965 e. The van der Waals surface area contributed by atoms with Gasteiger partial charge in [0.1, 0.15) is 0 Å². The average molecular weight is 238 g/mol. The van der Waals surface area contributed by atoms with E-state index in [1.54, 1.807) is 0 Å². The van der Waals surface area contributed by atoms with Crippen LogP contribution in [-0.2, 0) is 6.54 Å². The van der Waals surface area contributed by atoms with E-state index in [9.17, 15) is 0 Å². The normalized spacial score (nSPS) is 24.8. The van der Waals surface area contributed by atoms with Gasteiger partial charge in [-0.2, -0.15) is 0 Å². The van der Waals surface area contributed by atoms with Gasteiger partial charge in [-0.1, -0.05) is 6.92 Å². The van der Waals surface area contributed by atoms with Gasteiger partial charge >= 0.3 is 0 Å². The number of nitrogens with zero attached hydrogens (tertiary/aromatic N) is 1. The van der Waals surface area contributed by atoms with Crippen molar-refractivity contribution in [3.05, 3.63) is 15.6 Å². The second-order valence-corrected chi connectivity index (χ2v) is 7.10. The average Bonchev–Trinajstić information content (AvgIpc) is 2.74. The van der Waals surface area contributed by atoms with Crippen molar-refractivity contribution in [2.24, 2.45) is 5.92 Å². The maximum Gasteiger partial charge on any atom is 0.0965 e. The van der Waals surface area contributed by atoms with Crippen molar-refractivity contribution >= 4 is 11.3 Å². The lowest BCUT2D eigenvalue weighted by atomic mass is 10.1. The fourth-order valence-corrected chi connectivity index (χ4v) is 3.04. The first-order valence-electron chi connectivity index (χ1n) is 6.08. The summed E-state index contributed by atoms with van der Waals surface area (Å²) >= 11 is 1.90. The lowest BCUT2D eigenvalue weighted by Gasteiger charge is -2.19. The second-order valence-electron chi connectivity index (χ2n) is 5.98. The van der Waals surface area contributed by atoms with Gasteiger partial charge in [0.25, 0.3) is 0 Å². The number of hydrogen-bond acceptors (Lipinski definition) is 3. The molecule has 2 atom stereocenters. The molecule has 0 amide bonds. The van der Waals surface area contributed by atoms with Gasteiger partial charge in [-0.25, -0.2) is 4.98 Å². The molecular formula is C13H22N2S. The summed E-state index contributed by atoms with van der Waals surface area (Å²) in [5, 5.41) is 4.89. The molecule has 0 spiro atoms. The first-order valence-corrected chi connectivity index (χ1v) is 6.89. The highest BCUT2D eigenvalue weighted by atomic mass is 32.1. The molecule has 1 N–H and O–H groups in total. The third-order valence-electron chi connectivity index (χ3n) is 3.12. The molecule has 2 nitrogen and oxygen atoms in total. The van der Waals surface area contributed by atoms with Gasteiger partial charge in [0.15, 0.2) is 0 Å². The minimum Gasteiger partial charge on any atom is -0.307 e. The molecule has 1 heterocycles. The lowest BCUT2D eigenvalue weighted by Crippen LogP contribution is -2.34. The van der Waals surface area contributed by atoms with Crippen LogP contribution in [0.25, 0.3) is 0 Å². The molecule has 1 saturated carbocycles. The maximum atomic E-state index is 4.70. The SMILES string of the molecule is Cc1nc(C2CC2C)sc1CNC(C)(C)C. The molecule has 0 saturated heterocycles. The number of thiazole rings is 1. The molecule has 1 aliphatic carbocycles. The van der Waals surface area contributed by atoms with Gasteiger partial charge in [-0.3, -0.25) is 0 Å². The molecule has 3 heteroatoms. The third-order valence-corrected chi connectivity index (χ3v) is 4.40. The van der Waals surface area contributed by atoms with E-state index in [0.29, 0.717) is 0 Å². The molecule has 1 fully saturated rings. The Morgan fingerprint density at radius 2 is 2.06 bits per heavy atom. The van der Waals surface area contributed by atoms with E-state index in [1.165, 1.54) is 22.0 Å². The zero-order valence-corrected chi connectivity index (χ0v) is 11.7. The minimum atomic E-state index is 0.184. The first-order chi connectivity index (χ1) is 7.37. The molecule has 0 radical (unpaired) electrons. The zero-order chi connectivity index (χ0) is 11.9. The lowest BCUT2D eigenvalue weighted by molar-refractivity contribution is 0.425. The van der Waals surface area contributed by atoms with Gasteiger partial charge in [0.05, 0.1) is 10.7 Å². The molecule has 0 aromatic carbocycles. The highest BCUT2D eigenvalue weighted by molar-refractivity contribution is 7.11. The van der Waals surface area contributed by atoms with Gasteiger partial charge in [0.2, 0.25) is 0 Å². The molecule has 2 unspecified atom stereocenters. The third kappa shape index (κ3) is 2.83. The van der Waals surface area contributed by atoms with E-state index in [2.05, 4.69) is 39.9 Å². The standard InChI is InChI=1S/C13H22N2S/c1-8-6-10(8)12-15-9(2)11(16-12)7-14-13(3,4)5/h8,10,14H,6-7H2,1-5H3. The quantitative estimate of drug-likeness (QED) is 0.872. The van der Waals surface area contributed by atoms with Crippen LogP contribution in [0.1, 0.15) is 55.6 Å². The summed E-state index contributed by atoms with van der Waals surface area (Å²) in [6.45, 7) is 12.0. The Balaban J connectivity index is 2.02. The van der Waals surface area contributed by atoms with Crippen LogP contribution in [0.2, 0.25) is 0 Å². The van der Waals surface area contributed by atoms with Crippen molar-refractivity contribution in [3.8, 4) is 0 Å². The van der Waals surface area contributed by atoms with Crippen LogP contribution < -0.4 is 5.32 Å². The van der Waals surface area contributed by atoms with E-state index >= 15 is 0 Å². The minimum absolute atomic E-state index is 0.184. The Morgan fingerprint density at radius 1 is 1.44 bits per heavy atom. The summed E-state index contributed by atoms with van der Waals surface area (Å²) in [5.74, 6) is 1.61. The van der Waals surface area contributed by atoms with Crippen molar-refractivity contribution in [2.45, 2.75) is 59.0 Å². The number of aromatic nitrogens is 1. The Kier molecular flexibility index (Phi) is 3.10. The van der Waals surface area contributed by atoms with Crippen molar-refractivity contribution in [1.82, 2.24) is 10.3 Å². The van der Waals surface area contributed by atoms with E-state index in [0.717, 1.165) is 18.4 Å².